The second kappa shape index (κ2) is 4.53. The molecule has 2 rings (SSSR count). The van der Waals surface area contributed by atoms with Gasteiger partial charge in [-0.3, -0.25) is 9.59 Å². The summed E-state index contributed by atoms with van der Waals surface area (Å²) >= 11 is 0. The zero-order valence-electron chi connectivity index (χ0n) is 10.1. The highest BCUT2D eigenvalue weighted by Crippen LogP contribution is 2.29. The highest BCUT2D eigenvalue weighted by molar-refractivity contribution is 6.52. The number of allylic oxidation sites excluding steroid dienone is 1. The lowest BCUT2D eigenvalue weighted by molar-refractivity contribution is -0.114. The normalized spacial score (nSPS) is 14.8. The van der Waals surface area contributed by atoms with Gasteiger partial charge in [0.25, 0.3) is 11.7 Å². The summed E-state index contributed by atoms with van der Waals surface area (Å²) in [5, 5.41) is 0. The molecule has 0 bridgehead atoms. The third-order valence-electron chi connectivity index (χ3n) is 2.97. The summed E-state index contributed by atoms with van der Waals surface area (Å²) < 4.78 is 0. The van der Waals surface area contributed by atoms with E-state index in [1.807, 2.05) is 44.2 Å². The molecule has 1 aromatic rings. The van der Waals surface area contributed by atoms with Crippen molar-refractivity contribution in [2.24, 2.45) is 0 Å². The molecule has 3 nitrogen and oxygen atoms in total. The Morgan fingerprint density at radius 3 is 2.71 bits per heavy atom. The average Bonchev–Trinajstić information content (AvgIpc) is 2.60. The van der Waals surface area contributed by atoms with E-state index in [4.69, 9.17) is 0 Å². The van der Waals surface area contributed by atoms with E-state index in [1.165, 1.54) is 4.90 Å². The topological polar surface area (TPSA) is 37.4 Å². The molecular formula is C14H15NO2. The minimum atomic E-state index is -0.425. The van der Waals surface area contributed by atoms with Gasteiger partial charge in [0.05, 0.1) is 11.3 Å². The van der Waals surface area contributed by atoms with Crippen molar-refractivity contribution in [3.05, 3.63) is 41.5 Å². The highest BCUT2D eigenvalue weighted by atomic mass is 16.2. The van der Waals surface area contributed by atoms with Crippen LogP contribution >= 0.6 is 0 Å². The number of benzene rings is 1. The molecule has 1 amide bonds. The molecule has 1 aliphatic heterocycles. The van der Waals surface area contributed by atoms with Crippen LogP contribution in [0.2, 0.25) is 0 Å². The van der Waals surface area contributed by atoms with E-state index in [-0.39, 0.29) is 5.78 Å². The zero-order valence-corrected chi connectivity index (χ0v) is 10.1. The van der Waals surface area contributed by atoms with E-state index in [2.05, 4.69) is 0 Å². The third kappa shape index (κ3) is 1.88. The first-order valence-electron chi connectivity index (χ1n) is 5.79. The standard InChI is InChI=1S/C14H15NO2/c1-3-5-8-15-12-7-6-10(4-2)9-11(12)13(16)14(15)17/h3,5-7,9H,4,8H2,1-2H3/b5-3+. The number of Topliss-reactive ketones (excluding diaryl/α,β-unsaturated/α-hetero) is 1. The van der Waals surface area contributed by atoms with Gasteiger partial charge < -0.3 is 4.90 Å². The number of fused-ring (bicyclic) bond motifs is 1. The van der Waals surface area contributed by atoms with E-state index in [9.17, 15) is 9.59 Å². The number of ketones is 1. The lowest BCUT2D eigenvalue weighted by atomic mass is 10.1. The smallest absolute Gasteiger partial charge is 0.299 e. The molecule has 0 aromatic heterocycles. The first kappa shape index (κ1) is 11.6. The molecule has 0 saturated heterocycles. The van der Waals surface area contributed by atoms with Crippen molar-refractivity contribution < 1.29 is 9.59 Å². The highest BCUT2D eigenvalue weighted by Gasteiger charge is 2.34. The molecule has 0 saturated carbocycles. The van der Waals surface area contributed by atoms with Gasteiger partial charge in [-0.25, -0.2) is 0 Å². The van der Waals surface area contributed by atoms with Crippen molar-refractivity contribution in [1.82, 2.24) is 0 Å². The van der Waals surface area contributed by atoms with Crippen molar-refractivity contribution in [1.29, 1.82) is 0 Å². The van der Waals surface area contributed by atoms with Crippen molar-refractivity contribution in [3.63, 3.8) is 0 Å². The lowest BCUT2D eigenvalue weighted by Gasteiger charge is -2.13. The molecule has 0 aliphatic carbocycles. The Bertz CT molecular complexity index is 503. The lowest BCUT2D eigenvalue weighted by Crippen LogP contribution is -2.29. The van der Waals surface area contributed by atoms with Crippen LogP contribution in [0.5, 0.6) is 0 Å². The molecule has 1 aromatic carbocycles. The van der Waals surface area contributed by atoms with Crippen molar-refractivity contribution >= 4 is 17.4 Å². The average molecular weight is 229 g/mol. The summed E-state index contributed by atoms with van der Waals surface area (Å²) in [4.78, 5) is 25.2. The van der Waals surface area contributed by atoms with Crippen LogP contribution in [0.15, 0.2) is 30.4 Å². The van der Waals surface area contributed by atoms with Crippen LogP contribution in [-0.4, -0.2) is 18.2 Å². The Labute approximate surface area is 101 Å². The molecule has 0 unspecified atom stereocenters. The predicted octanol–water partition coefficient (Wildman–Crippen LogP) is 2.35. The summed E-state index contributed by atoms with van der Waals surface area (Å²) in [5.74, 6) is -0.814. The van der Waals surface area contributed by atoms with Crippen molar-refractivity contribution in [3.8, 4) is 0 Å². The first-order chi connectivity index (χ1) is 8.19. The Kier molecular flexibility index (Phi) is 3.09. The zero-order chi connectivity index (χ0) is 12.4. The number of amides is 1. The Balaban J connectivity index is 2.43. The number of hydrogen-bond donors (Lipinski definition) is 0. The van der Waals surface area contributed by atoms with Crippen molar-refractivity contribution in [2.45, 2.75) is 20.3 Å². The van der Waals surface area contributed by atoms with Gasteiger partial charge in [-0.15, -0.1) is 0 Å². The molecular weight excluding hydrogens is 214 g/mol. The summed E-state index contributed by atoms with van der Waals surface area (Å²) in [5.41, 5.74) is 2.35. The summed E-state index contributed by atoms with van der Waals surface area (Å²) in [6.07, 6.45) is 4.60. The number of rotatable bonds is 3. The Morgan fingerprint density at radius 2 is 2.06 bits per heavy atom. The van der Waals surface area contributed by atoms with Gasteiger partial charge in [0.15, 0.2) is 0 Å². The molecule has 0 fully saturated rings. The van der Waals surface area contributed by atoms with Gasteiger partial charge in [0, 0.05) is 6.54 Å². The summed E-state index contributed by atoms with van der Waals surface area (Å²) in [6, 6.07) is 5.65. The van der Waals surface area contributed by atoms with Crippen LogP contribution in [0.1, 0.15) is 29.8 Å². The van der Waals surface area contributed by atoms with Crippen LogP contribution in [-0.2, 0) is 11.2 Å². The Hall–Kier alpha value is -1.90. The number of anilines is 1. The largest absolute Gasteiger partial charge is 0.301 e. The van der Waals surface area contributed by atoms with E-state index in [0.29, 0.717) is 12.1 Å². The summed E-state index contributed by atoms with van der Waals surface area (Å²) in [7, 11) is 0. The van der Waals surface area contributed by atoms with Crippen LogP contribution in [0.25, 0.3) is 0 Å². The first-order valence-corrected chi connectivity index (χ1v) is 5.79. The number of nitrogens with zero attached hydrogens (tertiary/aromatic N) is 1. The maximum atomic E-state index is 11.8. The van der Waals surface area contributed by atoms with E-state index in [1.54, 1.807) is 0 Å². The second-order valence-electron chi connectivity index (χ2n) is 4.02. The molecule has 17 heavy (non-hydrogen) atoms. The van der Waals surface area contributed by atoms with Gasteiger partial charge in [0.1, 0.15) is 0 Å². The molecule has 88 valence electrons. The predicted molar refractivity (Wildman–Crippen MR) is 67.3 cm³/mol. The van der Waals surface area contributed by atoms with Gasteiger partial charge >= 0.3 is 0 Å². The van der Waals surface area contributed by atoms with Gasteiger partial charge in [-0.05, 0) is 31.0 Å². The summed E-state index contributed by atoms with van der Waals surface area (Å²) in [6.45, 7) is 4.38. The van der Waals surface area contributed by atoms with Gasteiger partial charge in [-0.2, -0.15) is 0 Å². The molecule has 1 heterocycles. The Morgan fingerprint density at radius 1 is 1.29 bits per heavy atom. The molecule has 0 spiro atoms. The molecule has 1 aliphatic rings. The fourth-order valence-electron chi connectivity index (χ4n) is 1.96. The van der Waals surface area contributed by atoms with E-state index in [0.717, 1.165) is 17.7 Å². The van der Waals surface area contributed by atoms with Crippen LogP contribution in [0.4, 0.5) is 5.69 Å². The number of carbonyl (C=O) groups is 2. The third-order valence-corrected chi connectivity index (χ3v) is 2.97. The quantitative estimate of drug-likeness (QED) is 0.589. The van der Waals surface area contributed by atoms with E-state index < -0.39 is 5.91 Å². The van der Waals surface area contributed by atoms with Crippen molar-refractivity contribution in [2.75, 3.05) is 11.4 Å². The molecule has 0 radical (unpaired) electrons. The second-order valence-corrected chi connectivity index (χ2v) is 4.02. The molecule has 0 atom stereocenters. The van der Waals surface area contributed by atoms with Crippen LogP contribution < -0.4 is 4.90 Å². The number of hydrogen-bond acceptors (Lipinski definition) is 2. The minimum absolute atomic E-state index is 0.389. The van der Waals surface area contributed by atoms with E-state index >= 15 is 0 Å². The minimum Gasteiger partial charge on any atom is -0.301 e. The molecule has 0 N–H and O–H groups in total. The SMILES string of the molecule is C/C=C/CN1C(=O)C(=O)c2cc(CC)ccc21. The fourth-order valence-corrected chi connectivity index (χ4v) is 1.96. The molecule has 3 heteroatoms. The van der Waals surface area contributed by atoms with Gasteiger partial charge in [0.2, 0.25) is 0 Å². The number of aryl methyl sites for hydroxylation is 1. The van der Waals surface area contributed by atoms with Gasteiger partial charge in [-0.1, -0.05) is 25.1 Å². The number of carbonyl (C=O) groups excluding carboxylic acids is 2. The fraction of sp³-hybridized carbons (Fsp3) is 0.286. The van der Waals surface area contributed by atoms with Crippen LogP contribution in [0, 0.1) is 0 Å². The monoisotopic (exact) mass is 229 g/mol. The maximum absolute atomic E-state index is 11.8. The van der Waals surface area contributed by atoms with Crippen LogP contribution in [0.3, 0.4) is 0 Å². The maximum Gasteiger partial charge on any atom is 0.299 e.